The number of amides is 1. The van der Waals surface area contributed by atoms with Crippen LogP contribution in [0.1, 0.15) is 20.3 Å². The summed E-state index contributed by atoms with van der Waals surface area (Å²) < 4.78 is 5.26. The molecule has 1 heterocycles. The van der Waals surface area contributed by atoms with Gasteiger partial charge in [-0.15, -0.1) is 0 Å². The summed E-state index contributed by atoms with van der Waals surface area (Å²) >= 11 is 0. The predicted octanol–water partition coefficient (Wildman–Crippen LogP) is 1.54. The Morgan fingerprint density at radius 2 is 2.38 bits per heavy atom. The maximum absolute atomic E-state index is 11.7. The van der Waals surface area contributed by atoms with Crippen molar-refractivity contribution in [2.45, 2.75) is 26.4 Å². The van der Waals surface area contributed by atoms with Crippen LogP contribution >= 0.6 is 0 Å². The van der Waals surface area contributed by atoms with Gasteiger partial charge in [0, 0.05) is 12.8 Å². The Balaban J connectivity index is 2.66. The molecule has 5 heteroatoms. The average molecular weight is 224 g/mol. The second-order valence-electron chi connectivity index (χ2n) is 3.23. The molecular formula is C11H16N2O3. The number of pyridine rings is 1. The second-order valence-corrected chi connectivity index (χ2v) is 3.23. The van der Waals surface area contributed by atoms with Gasteiger partial charge in [-0.2, -0.15) is 0 Å². The first kappa shape index (κ1) is 12.4. The minimum absolute atomic E-state index is 0.0535. The van der Waals surface area contributed by atoms with Crippen molar-refractivity contribution in [3.05, 3.63) is 18.5 Å². The molecule has 0 saturated heterocycles. The molecule has 0 saturated carbocycles. The molecular weight excluding hydrogens is 208 g/mol. The van der Waals surface area contributed by atoms with Crippen molar-refractivity contribution >= 4 is 11.6 Å². The summed E-state index contributed by atoms with van der Waals surface area (Å²) in [5, 5.41) is 12.0. The normalized spacial score (nSPS) is 12.1. The van der Waals surface area contributed by atoms with Crippen LogP contribution in [-0.4, -0.2) is 28.7 Å². The molecule has 0 radical (unpaired) electrons. The lowest BCUT2D eigenvalue weighted by Crippen LogP contribution is -2.29. The lowest BCUT2D eigenvalue weighted by molar-refractivity contribution is -0.127. The number of nitrogens with one attached hydrogen (secondary N) is 1. The first-order valence-electron chi connectivity index (χ1n) is 5.24. The van der Waals surface area contributed by atoms with Crippen molar-refractivity contribution in [2.24, 2.45) is 0 Å². The quantitative estimate of drug-likeness (QED) is 0.795. The molecule has 0 bridgehead atoms. The molecule has 1 amide bonds. The Morgan fingerprint density at radius 1 is 1.62 bits per heavy atom. The zero-order valence-electron chi connectivity index (χ0n) is 9.43. The maximum atomic E-state index is 11.7. The first-order chi connectivity index (χ1) is 7.69. The monoisotopic (exact) mass is 224 g/mol. The molecule has 0 spiro atoms. The SMILES string of the molecule is CCO[C@@H](CC)C(=O)Nc1ccncc1O. The van der Waals surface area contributed by atoms with Crippen LogP contribution in [0.25, 0.3) is 0 Å². The van der Waals surface area contributed by atoms with E-state index < -0.39 is 6.10 Å². The summed E-state index contributed by atoms with van der Waals surface area (Å²) in [5.74, 6) is -0.312. The zero-order chi connectivity index (χ0) is 12.0. The highest BCUT2D eigenvalue weighted by Gasteiger charge is 2.17. The van der Waals surface area contributed by atoms with Crippen molar-refractivity contribution in [1.29, 1.82) is 0 Å². The third-order valence-corrected chi connectivity index (χ3v) is 2.09. The van der Waals surface area contributed by atoms with Crippen molar-refractivity contribution in [3.63, 3.8) is 0 Å². The summed E-state index contributed by atoms with van der Waals surface area (Å²) in [6.07, 6.45) is 2.87. The smallest absolute Gasteiger partial charge is 0.253 e. The third kappa shape index (κ3) is 3.20. The van der Waals surface area contributed by atoms with E-state index in [1.165, 1.54) is 18.5 Å². The Labute approximate surface area is 94.5 Å². The molecule has 0 aliphatic rings. The van der Waals surface area contributed by atoms with Crippen LogP contribution < -0.4 is 5.32 Å². The summed E-state index contributed by atoms with van der Waals surface area (Å²) in [6, 6.07) is 1.53. The van der Waals surface area contributed by atoms with E-state index in [9.17, 15) is 9.90 Å². The molecule has 5 nitrogen and oxygen atoms in total. The Hall–Kier alpha value is -1.62. The number of anilines is 1. The molecule has 1 aromatic heterocycles. The Morgan fingerprint density at radius 3 is 2.94 bits per heavy atom. The number of aromatic hydroxyl groups is 1. The number of ether oxygens (including phenoxy) is 1. The highest BCUT2D eigenvalue weighted by molar-refractivity contribution is 5.95. The summed E-state index contributed by atoms with van der Waals surface area (Å²) in [7, 11) is 0. The van der Waals surface area contributed by atoms with Crippen LogP contribution in [0, 0.1) is 0 Å². The fourth-order valence-corrected chi connectivity index (χ4v) is 1.29. The molecule has 1 rings (SSSR count). The number of aromatic nitrogens is 1. The van der Waals surface area contributed by atoms with E-state index in [4.69, 9.17) is 4.74 Å². The van der Waals surface area contributed by atoms with E-state index in [1.807, 2.05) is 13.8 Å². The van der Waals surface area contributed by atoms with Crippen LogP contribution in [0.3, 0.4) is 0 Å². The Kier molecular flexibility index (Phi) is 4.72. The number of hydrogen-bond donors (Lipinski definition) is 2. The number of carbonyl (C=O) groups is 1. The first-order valence-corrected chi connectivity index (χ1v) is 5.24. The van der Waals surface area contributed by atoms with E-state index in [2.05, 4.69) is 10.3 Å². The Bertz CT molecular complexity index is 355. The van der Waals surface area contributed by atoms with Gasteiger partial charge in [-0.25, -0.2) is 0 Å². The van der Waals surface area contributed by atoms with Gasteiger partial charge in [0.05, 0.1) is 11.9 Å². The standard InChI is InChI=1S/C11H16N2O3/c1-3-10(16-4-2)11(15)13-8-5-6-12-7-9(8)14/h5-7,10,14H,3-4H2,1-2H3,(H,12,13,15)/t10-/m0/s1. The van der Waals surface area contributed by atoms with Gasteiger partial charge in [0.1, 0.15) is 6.10 Å². The van der Waals surface area contributed by atoms with Gasteiger partial charge in [-0.1, -0.05) is 6.92 Å². The molecule has 0 fully saturated rings. The molecule has 1 aromatic rings. The van der Waals surface area contributed by atoms with E-state index in [1.54, 1.807) is 0 Å². The van der Waals surface area contributed by atoms with Crippen LogP contribution in [-0.2, 0) is 9.53 Å². The highest BCUT2D eigenvalue weighted by atomic mass is 16.5. The molecule has 16 heavy (non-hydrogen) atoms. The number of rotatable bonds is 5. The molecule has 2 N–H and O–H groups in total. The largest absolute Gasteiger partial charge is 0.504 e. The van der Waals surface area contributed by atoms with Crippen LogP contribution in [0.4, 0.5) is 5.69 Å². The molecule has 88 valence electrons. The van der Waals surface area contributed by atoms with Gasteiger partial charge in [-0.3, -0.25) is 9.78 Å². The van der Waals surface area contributed by atoms with Gasteiger partial charge in [0.15, 0.2) is 5.75 Å². The van der Waals surface area contributed by atoms with E-state index in [0.29, 0.717) is 18.7 Å². The average Bonchev–Trinajstić information content (AvgIpc) is 2.29. The summed E-state index contributed by atoms with van der Waals surface area (Å²) in [5.41, 5.74) is 0.346. The summed E-state index contributed by atoms with van der Waals surface area (Å²) in [4.78, 5) is 15.4. The topological polar surface area (TPSA) is 71.5 Å². The minimum Gasteiger partial charge on any atom is -0.504 e. The third-order valence-electron chi connectivity index (χ3n) is 2.09. The lowest BCUT2D eigenvalue weighted by atomic mass is 10.2. The molecule has 0 aromatic carbocycles. The zero-order valence-corrected chi connectivity index (χ0v) is 9.43. The summed E-state index contributed by atoms with van der Waals surface area (Å²) in [6.45, 7) is 4.18. The highest BCUT2D eigenvalue weighted by Crippen LogP contribution is 2.20. The van der Waals surface area contributed by atoms with Crippen LogP contribution in [0.2, 0.25) is 0 Å². The van der Waals surface area contributed by atoms with Gasteiger partial charge < -0.3 is 15.2 Å². The van der Waals surface area contributed by atoms with Crippen molar-refractivity contribution in [2.75, 3.05) is 11.9 Å². The van der Waals surface area contributed by atoms with E-state index >= 15 is 0 Å². The van der Waals surface area contributed by atoms with E-state index in [0.717, 1.165) is 0 Å². The lowest BCUT2D eigenvalue weighted by Gasteiger charge is -2.15. The van der Waals surface area contributed by atoms with Crippen LogP contribution in [0.15, 0.2) is 18.5 Å². The van der Waals surface area contributed by atoms with E-state index in [-0.39, 0.29) is 11.7 Å². The van der Waals surface area contributed by atoms with Crippen molar-refractivity contribution in [3.8, 4) is 5.75 Å². The predicted molar refractivity (Wildman–Crippen MR) is 60.2 cm³/mol. The second kappa shape index (κ2) is 6.07. The number of nitrogens with zero attached hydrogens (tertiary/aromatic N) is 1. The fourth-order valence-electron chi connectivity index (χ4n) is 1.29. The van der Waals surface area contributed by atoms with Gasteiger partial charge in [-0.05, 0) is 19.4 Å². The van der Waals surface area contributed by atoms with Crippen LogP contribution in [0.5, 0.6) is 5.75 Å². The van der Waals surface area contributed by atoms with Gasteiger partial charge >= 0.3 is 0 Å². The molecule has 0 aliphatic heterocycles. The van der Waals surface area contributed by atoms with Crippen molar-refractivity contribution < 1.29 is 14.6 Å². The number of carbonyl (C=O) groups excluding carboxylic acids is 1. The molecule has 0 unspecified atom stereocenters. The van der Waals surface area contributed by atoms with Gasteiger partial charge in [0.2, 0.25) is 0 Å². The molecule has 0 aliphatic carbocycles. The number of hydrogen-bond acceptors (Lipinski definition) is 4. The minimum atomic E-state index is -0.488. The molecule has 1 atom stereocenters. The maximum Gasteiger partial charge on any atom is 0.253 e. The van der Waals surface area contributed by atoms with Crippen molar-refractivity contribution in [1.82, 2.24) is 4.98 Å². The fraction of sp³-hybridized carbons (Fsp3) is 0.455. The van der Waals surface area contributed by atoms with Gasteiger partial charge in [0.25, 0.3) is 5.91 Å².